The number of hydrogen-bond acceptors (Lipinski definition) is 4. The molecule has 0 spiro atoms. The lowest BCUT2D eigenvalue weighted by Gasteiger charge is -2.13. The molecule has 19 heavy (non-hydrogen) atoms. The molecule has 3 nitrogen and oxygen atoms in total. The van der Waals surface area contributed by atoms with Crippen molar-refractivity contribution in [3.8, 4) is 0 Å². The van der Waals surface area contributed by atoms with Crippen LogP contribution in [0.3, 0.4) is 0 Å². The number of hydrogen-bond donors (Lipinski definition) is 1. The molecule has 5 heteroatoms. The molecule has 2 aromatic rings. The van der Waals surface area contributed by atoms with Gasteiger partial charge in [-0.2, -0.15) is 0 Å². The van der Waals surface area contributed by atoms with Crippen LogP contribution in [0.2, 0.25) is 0 Å². The lowest BCUT2D eigenvalue weighted by atomic mass is 9.98. The molecule has 0 unspecified atom stereocenters. The minimum atomic E-state index is 0.142. The fourth-order valence-electron chi connectivity index (χ4n) is 1.57. The first kappa shape index (κ1) is 14.5. The normalized spacial score (nSPS) is 11.6. The summed E-state index contributed by atoms with van der Waals surface area (Å²) in [7, 11) is 0. The van der Waals surface area contributed by atoms with E-state index in [1.807, 2.05) is 12.1 Å². The van der Waals surface area contributed by atoms with Crippen molar-refractivity contribution in [3.63, 3.8) is 0 Å². The van der Waals surface area contributed by atoms with Gasteiger partial charge in [-0.25, -0.2) is 9.97 Å². The van der Waals surface area contributed by atoms with E-state index in [9.17, 15) is 0 Å². The fourth-order valence-corrected chi connectivity index (χ4v) is 2.74. The van der Waals surface area contributed by atoms with Crippen LogP contribution in [-0.2, 0) is 11.8 Å². The Morgan fingerprint density at radius 2 is 2.11 bits per heavy atom. The zero-order chi connectivity index (χ0) is 13.9. The SMILES string of the molecule is CC(C)(C)c1nc(CCNc2ccc(Br)cn2)cs1. The van der Waals surface area contributed by atoms with Crippen LogP contribution in [-0.4, -0.2) is 16.5 Å². The molecule has 102 valence electrons. The molecule has 0 aliphatic carbocycles. The molecule has 0 aromatic carbocycles. The van der Waals surface area contributed by atoms with Crippen LogP contribution < -0.4 is 5.32 Å². The van der Waals surface area contributed by atoms with Crippen molar-refractivity contribution in [2.45, 2.75) is 32.6 Å². The van der Waals surface area contributed by atoms with Crippen LogP contribution in [0, 0.1) is 0 Å². The molecule has 0 saturated carbocycles. The molecule has 0 radical (unpaired) electrons. The number of nitrogens with zero attached hydrogens (tertiary/aromatic N) is 2. The van der Waals surface area contributed by atoms with E-state index in [4.69, 9.17) is 0 Å². The van der Waals surface area contributed by atoms with Crippen molar-refractivity contribution in [3.05, 3.63) is 38.9 Å². The average Bonchev–Trinajstić information content (AvgIpc) is 2.80. The highest BCUT2D eigenvalue weighted by Gasteiger charge is 2.17. The van der Waals surface area contributed by atoms with E-state index < -0.39 is 0 Å². The predicted octanol–water partition coefficient (Wildman–Crippen LogP) is 4.25. The Balaban J connectivity index is 1.86. The molecular formula is C14H18BrN3S. The minimum absolute atomic E-state index is 0.142. The summed E-state index contributed by atoms with van der Waals surface area (Å²) < 4.78 is 0.993. The second-order valence-electron chi connectivity index (χ2n) is 5.43. The van der Waals surface area contributed by atoms with Crippen LogP contribution in [0.4, 0.5) is 5.82 Å². The maximum atomic E-state index is 4.68. The van der Waals surface area contributed by atoms with Gasteiger partial charge < -0.3 is 5.32 Å². The first-order chi connectivity index (χ1) is 8.95. The molecule has 0 aliphatic heterocycles. The molecule has 0 aliphatic rings. The summed E-state index contributed by atoms with van der Waals surface area (Å²) in [5, 5.41) is 6.65. The first-order valence-electron chi connectivity index (χ1n) is 6.25. The van der Waals surface area contributed by atoms with E-state index in [0.29, 0.717) is 0 Å². The van der Waals surface area contributed by atoms with Crippen LogP contribution in [0.25, 0.3) is 0 Å². The molecule has 0 amide bonds. The van der Waals surface area contributed by atoms with E-state index >= 15 is 0 Å². The Morgan fingerprint density at radius 1 is 1.32 bits per heavy atom. The van der Waals surface area contributed by atoms with Crippen LogP contribution >= 0.6 is 27.3 Å². The van der Waals surface area contributed by atoms with Gasteiger partial charge in [0.15, 0.2) is 0 Å². The van der Waals surface area contributed by atoms with Crippen molar-refractivity contribution in [1.82, 2.24) is 9.97 Å². The summed E-state index contributed by atoms with van der Waals surface area (Å²) in [6, 6.07) is 3.95. The highest BCUT2D eigenvalue weighted by atomic mass is 79.9. The number of nitrogens with one attached hydrogen (secondary N) is 1. The van der Waals surface area contributed by atoms with Crippen LogP contribution in [0.5, 0.6) is 0 Å². The molecule has 2 aromatic heterocycles. The minimum Gasteiger partial charge on any atom is -0.370 e. The lowest BCUT2D eigenvalue weighted by Crippen LogP contribution is -2.11. The van der Waals surface area contributed by atoms with E-state index in [2.05, 4.69) is 57.4 Å². The van der Waals surface area contributed by atoms with E-state index in [1.165, 1.54) is 5.01 Å². The summed E-state index contributed by atoms with van der Waals surface area (Å²) in [5.74, 6) is 0.898. The summed E-state index contributed by atoms with van der Waals surface area (Å²) >= 11 is 5.12. The van der Waals surface area contributed by atoms with Gasteiger partial charge in [0.25, 0.3) is 0 Å². The van der Waals surface area contributed by atoms with E-state index in [0.717, 1.165) is 29.0 Å². The Hall–Kier alpha value is -0.940. The summed E-state index contributed by atoms with van der Waals surface area (Å²) in [6.45, 7) is 7.43. The molecule has 0 atom stereocenters. The smallest absolute Gasteiger partial charge is 0.125 e. The van der Waals surface area contributed by atoms with Crippen LogP contribution in [0.15, 0.2) is 28.2 Å². The highest BCUT2D eigenvalue weighted by Crippen LogP contribution is 2.25. The lowest BCUT2D eigenvalue weighted by molar-refractivity contribution is 0.583. The maximum Gasteiger partial charge on any atom is 0.125 e. The Labute approximate surface area is 126 Å². The number of anilines is 1. The predicted molar refractivity (Wildman–Crippen MR) is 84.9 cm³/mol. The zero-order valence-electron chi connectivity index (χ0n) is 11.4. The van der Waals surface area contributed by atoms with Gasteiger partial charge in [0.1, 0.15) is 5.82 Å². The van der Waals surface area contributed by atoms with Gasteiger partial charge in [0.2, 0.25) is 0 Å². The highest BCUT2D eigenvalue weighted by molar-refractivity contribution is 9.10. The number of thiazole rings is 1. The second kappa shape index (κ2) is 6.01. The van der Waals surface area contributed by atoms with Gasteiger partial charge in [-0.1, -0.05) is 20.8 Å². The van der Waals surface area contributed by atoms with Crippen LogP contribution in [0.1, 0.15) is 31.5 Å². The monoisotopic (exact) mass is 339 g/mol. The van der Waals surface area contributed by atoms with Gasteiger partial charge >= 0.3 is 0 Å². The standard InChI is InChI=1S/C14H18BrN3S/c1-14(2,3)13-18-11(9-19-13)6-7-16-12-5-4-10(15)8-17-12/h4-5,8-9H,6-7H2,1-3H3,(H,16,17). The van der Waals surface area contributed by atoms with Gasteiger partial charge in [-0.3, -0.25) is 0 Å². The molecule has 1 N–H and O–H groups in total. The molecular weight excluding hydrogens is 322 g/mol. The average molecular weight is 340 g/mol. The van der Waals surface area contributed by atoms with Crippen molar-refractivity contribution in [1.29, 1.82) is 0 Å². The number of pyridine rings is 1. The summed E-state index contributed by atoms with van der Waals surface area (Å²) in [6.07, 6.45) is 2.72. The van der Waals surface area contributed by atoms with Crippen molar-refractivity contribution in [2.75, 3.05) is 11.9 Å². The number of rotatable bonds is 4. The molecule has 2 heterocycles. The van der Waals surface area contributed by atoms with E-state index in [1.54, 1.807) is 17.5 Å². The van der Waals surface area contributed by atoms with Gasteiger partial charge in [-0.05, 0) is 28.1 Å². The third kappa shape index (κ3) is 4.28. The van der Waals surface area contributed by atoms with Crippen molar-refractivity contribution in [2.24, 2.45) is 0 Å². The largest absolute Gasteiger partial charge is 0.370 e. The third-order valence-corrected chi connectivity index (χ3v) is 4.39. The Morgan fingerprint density at radius 3 is 2.68 bits per heavy atom. The zero-order valence-corrected chi connectivity index (χ0v) is 13.8. The number of halogens is 1. The van der Waals surface area contributed by atoms with Gasteiger partial charge in [0, 0.05) is 34.4 Å². The maximum absolute atomic E-state index is 4.68. The Bertz CT molecular complexity index is 528. The van der Waals surface area contributed by atoms with Crippen molar-refractivity contribution < 1.29 is 0 Å². The molecule has 0 saturated heterocycles. The Kier molecular flexibility index (Phi) is 4.58. The van der Waals surface area contributed by atoms with E-state index in [-0.39, 0.29) is 5.41 Å². The summed E-state index contributed by atoms with van der Waals surface area (Å²) in [4.78, 5) is 8.96. The van der Waals surface area contributed by atoms with Gasteiger partial charge in [-0.15, -0.1) is 11.3 Å². The molecule has 2 rings (SSSR count). The third-order valence-electron chi connectivity index (χ3n) is 2.61. The quantitative estimate of drug-likeness (QED) is 0.904. The summed E-state index contributed by atoms with van der Waals surface area (Å²) in [5.41, 5.74) is 1.29. The molecule has 0 bridgehead atoms. The van der Waals surface area contributed by atoms with Crippen molar-refractivity contribution >= 4 is 33.1 Å². The first-order valence-corrected chi connectivity index (χ1v) is 7.93. The number of aromatic nitrogens is 2. The molecule has 0 fully saturated rings. The fraction of sp³-hybridized carbons (Fsp3) is 0.429. The van der Waals surface area contributed by atoms with Gasteiger partial charge in [0.05, 0.1) is 10.7 Å². The topological polar surface area (TPSA) is 37.8 Å². The second-order valence-corrected chi connectivity index (χ2v) is 7.21.